The first-order valence-corrected chi connectivity index (χ1v) is 11.8. The van der Waals surface area contributed by atoms with Crippen molar-refractivity contribution in [3.63, 3.8) is 0 Å². The third-order valence-corrected chi connectivity index (χ3v) is 5.65. The van der Waals surface area contributed by atoms with Gasteiger partial charge in [-0.3, -0.25) is 0 Å². The summed E-state index contributed by atoms with van der Waals surface area (Å²) in [5, 5.41) is 10.5. The van der Waals surface area contributed by atoms with Gasteiger partial charge in [0, 0.05) is 12.5 Å². The van der Waals surface area contributed by atoms with Gasteiger partial charge in [0.25, 0.3) is 12.3 Å². The van der Waals surface area contributed by atoms with Crippen molar-refractivity contribution < 1.29 is 40.9 Å². The summed E-state index contributed by atoms with van der Waals surface area (Å²) in [4.78, 5) is 0. The number of alkyl halides is 4. The number of hydrogen-bond acceptors (Lipinski definition) is 3. The lowest BCUT2D eigenvalue weighted by Crippen LogP contribution is -2.24. The fourth-order valence-electron chi connectivity index (χ4n) is 3.77. The first kappa shape index (κ1) is 31.8. The van der Waals surface area contributed by atoms with Gasteiger partial charge in [-0.05, 0) is 55.7 Å². The van der Waals surface area contributed by atoms with Gasteiger partial charge in [0.05, 0.1) is 24.4 Å². The van der Waals surface area contributed by atoms with Crippen LogP contribution in [0.2, 0.25) is 0 Å². The number of benzene rings is 1. The lowest BCUT2D eigenvalue weighted by Gasteiger charge is -2.24. The Morgan fingerprint density at radius 1 is 1.19 bits per heavy atom. The molecule has 0 saturated heterocycles. The van der Waals surface area contributed by atoms with Crippen LogP contribution in [0.1, 0.15) is 65.5 Å². The maximum Gasteiger partial charge on any atom is 0.274 e. The molecule has 1 rings (SSSR count). The van der Waals surface area contributed by atoms with Crippen molar-refractivity contribution in [2.45, 2.75) is 73.0 Å². The monoisotopic (exact) mass is 522 g/mol. The Balaban J connectivity index is 3.71. The van der Waals surface area contributed by atoms with Crippen LogP contribution in [0, 0.1) is 17.7 Å². The van der Waals surface area contributed by atoms with Crippen LogP contribution < -0.4 is 4.74 Å². The summed E-state index contributed by atoms with van der Waals surface area (Å²) < 4.78 is 98.2. The van der Waals surface area contributed by atoms with E-state index in [0.717, 1.165) is 19.1 Å². The van der Waals surface area contributed by atoms with Crippen molar-refractivity contribution in [2.75, 3.05) is 13.2 Å². The molecule has 0 bridgehead atoms. The number of rotatable bonds is 14. The summed E-state index contributed by atoms with van der Waals surface area (Å²) in [6.45, 7) is 11.4. The molecule has 0 aliphatic rings. The van der Waals surface area contributed by atoms with E-state index < -0.39 is 69.8 Å². The molecule has 1 aromatic rings. The topological polar surface area (TPSA) is 38.7 Å². The SMILES string of the molecule is C=CCCC(C)COC(O)/C(=C(F)/C(=C(\C)c1ccc(OCC)c(F)c1C(C)(F)F)C(F)F)C(C)C. The van der Waals surface area contributed by atoms with Crippen molar-refractivity contribution in [1.82, 2.24) is 0 Å². The van der Waals surface area contributed by atoms with E-state index in [1.165, 1.54) is 20.8 Å². The highest BCUT2D eigenvalue weighted by molar-refractivity contribution is 5.74. The lowest BCUT2D eigenvalue weighted by molar-refractivity contribution is -0.0885. The maximum atomic E-state index is 15.7. The molecule has 3 nitrogen and oxygen atoms in total. The second kappa shape index (κ2) is 13.9. The molecule has 2 unspecified atom stereocenters. The smallest absolute Gasteiger partial charge is 0.274 e. The highest BCUT2D eigenvalue weighted by Crippen LogP contribution is 2.42. The first-order chi connectivity index (χ1) is 16.7. The van der Waals surface area contributed by atoms with Gasteiger partial charge in [-0.2, -0.15) is 0 Å². The van der Waals surface area contributed by atoms with Crippen molar-refractivity contribution in [1.29, 1.82) is 0 Å². The van der Waals surface area contributed by atoms with Crippen LogP contribution in [-0.4, -0.2) is 31.0 Å². The zero-order valence-corrected chi connectivity index (χ0v) is 21.6. The van der Waals surface area contributed by atoms with Crippen LogP contribution >= 0.6 is 0 Å². The van der Waals surface area contributed by atoms with Gasteiger partial charge in [0.2, 0.25) is 0 Å². The molecule has 1 N–H and O–H groups in total. The van der Waals surface area contributed by atoms with Crippen LogP contribution in [0.25, 0.3) is 5.57 Å². The van der Waals surface area contributed by atoms with Crippen molar-refractivity contribution >= 4 is 5.57 Å². The molecule has 0 heterocycles. The molecule has 0 saturated carbocycles. The molecule has 0 aliphatic carbocycles. The van der Waals surface area contributed by atoms with Gasteiger partial charge in [-0.25, -0.2) is 26.3 Å². The Hall–Kier alpha value is -2.26. The van der Waals surface area contributed by atoms with Crippen LogP contribution in [0.15, 0.2) is 41.8 Å². The minimum absolute atomic E-state index is 0.0126. The van der Waals surface area contributed by atoms with E-state index in [1.54, 1.807) is 6.08 Å². The zero-order chi connectivity index (χ0) is 27.8. The van der Waals surface area contributed by atoms with Gasteiger partial charge in [0.15, 0.2) is 17.9 Å². The van der Waals surface area contributed by atoms with E-state index in [0.29, 0.717) is 19.8 Å². The molecular weight excluding hydrogens is 486 g/mol. The fraction of sp³-hybridized carbons (Fsp3) is 0.556. The fourth-order valence-corrected chi connectivity index (χ4v) is 3.77. The average molecular weight is 523 g/mol. The van der Waals surface area contributed by atoms with E-state index in [4.69, 9.17) is 9.47 Å². The molecule has 0 aromatic heterocycles. The third kappa shape index (κ3) is 8.13. The Bertz CT molecular complexity index is 948. The van der Waals surface area contributed by atoms with Crippen LogP contribution in [0.5, 0.6) is 5.75 Å². The van der Waals surface area contributed by atoms with Gasteiger partial charge in [-0.1, -0.05) is 32.9 Å². The normalized spacial score (nSPS) is 15.5. The minimum atomic E-state index is -3.79. The minimum Gasteiger partial charge on any atom is -0.491 e. The molecule has 204 valence electrons. The standard InChI is InChI=1S/C27H36F6O3/c1-8-10-11-16(5)14-36-26(34)20(15(3)4)24(29)21(25(30)31)17(6)18-12-13-19(35-9-2)23(28)22(18)27(7,32)33/h8,12-13,15-16,25-26,34H,1,9-11,14H2,2-7H3/b21-17-,24-20-. The predicted octanol–water partition coefficient (Wildman–Crippen LogP) is 8.19. The molecule has 1 aromatic carbocycles. The van der Waals surface area contributed by atoms with E-state index in [-0.39, 0.29) is 19.1 Å². The summed E-state index contributed by atoms with van der Waals surface area (Å²) in [7, 11) is 0. The number of hydrogen-bond donors (Lipinski definition) is 1. The second-order valence-electron chi connectivity index (χ2n) is 9.04. The first-order valence-electron chi connectivity index (χ1n) is 11.8. The number of halogens is 6. The number of allylic oxidation sites excluding steroid dienone is 4. The Labute approximate surface area is 209 Å². The van der Waals surface area contributed by atoms with Crippen LogP contribution in [0.4, 0.5) is 26.3 Å². The number of aliphatic hydroxyl groups excluding tert-OH is 1. The maximum absolute atomic E-state index is 15.7. The predicted molar refractivity (Wildman–Crippen MR) is 129 cm³/mol. The summed E-state index contributed by atoms with van der Waals surface area (Å²) >= 11 is 0. The van der Waals surface area contributed by atoms with Crippen molar-refractivity contribution in [3.05, 3.63) is 58.7 Å². The van der Waals surface area contributed by atoms with Crippen LogP contribution in [-0.2, 0) is 10.7 Å². The molecule has 0 aliphatic heterocycles. The molecule has 36 heavy (non-hydrogen) atoms. The zero-order valence-electron chi connectivity index (χ0n) is 21.6. The average Bonchev–Trinajstić information content (AvgIpc) is 2.76. The molecule has 0 fully saturated rings. The van der Waals surface area contributed by atoms with Crippen molar-refractivity contribution in [3.8, 4) is 5.75 Å². The summed E-state index contributed by atoms with van der Waals surface area (Å²) in [6.07, 6.45) is -2.19. The summed E-state index contributed by atoms with van der Waals surface area (Å²) in [6, 6.07) is 2.03. The van der Waals surface area contributed by atoms with Gasteiger partial charge in [-0.15, -0.1) is 6.58 Å². The Morgan fingerprint density at radius 3 is 2.28 bits per heavy atom. The molecule has 9 heteroatoms. The Morgan fingerprint density at radius 2 is 1.81 bits per heavy atom. The molecule has 0 amide bonds. The highest BCUT2D eigenvalue weighted by atomic mass is 19.3. The van der Waals surface area contributed by atoms with Gasteiger partial charge < -0.3 is 14.6 Å². The largest absolute Gasteiger partial charge is 0.491 e. The molecule has 0 spiro atoms. The van der Waals surface area contributed by atoms with Crippen molar-refractivity contribution in [2.24, 2.45) is 11.8 Å². The third-order valence-electron chi connectivity index (χ3n) is 5.65. The molecule has 2 atom stereocenters. The Kier molecular flexibility index (Phi) is 12.3. The van der Waals surface area contributed by atoms with Gasteiger partial charge >= 0.3 is 0 Å². The number of aliphatic hydroxyl groups is 1. The van der Waals surface area contributed by atoms with Gasteiger partial charge in [0.1, 0.15) is 5.83 Å². The lowest BCUT2D eigenvalue weighted by atomic mass is 9.90. The summed E-state index contributed by atoms with van der Waals surface area (Å²) in [5.41, 5.74) is -4.06. The van der Waals surface area contributed by atoms with E-state index >= 15 is 4.39 Å². The molecular formula is C27H36F6O3. The van der Waals surface area contributed by atoms with E-state index in [9.17, 15) is 27.1 Å². The number of ether oxygens (including phenoxy) is 2. The van der Waals surface area contributed by atoms with E-state index in [2.05, 4.69) is 6.58 Å². The molecule has 0 radical (unpaired) electrons. The quantitative estimate of drug-likeness (QED) is 0.116. The second-order valence-corrected chi connectivity index (χ2v) is 9.04. The highest BCUT2D eigenvalue weighted by Gasteiger charge is 2.36. The van der Waals surface area contributed by atoms with E-state index in [1.807, 2.05) is 6.92 Å². The van der Waals surface area contributed by atoms with Crippen LogP contribution in [0.3, 0.4) is 0 Å². The summed E-state index contributed by atoms with van der Waals surface area (Å²) in [5.74, 6) is -7.95.